The van der Waals surface area contributed by atoms with Gasteiger partial charge in [-0.15, -0.1) is 11.3 Å². The molecule has 3 heteroatoms. The second kappa shape index (κ2) is 5.21. The molecule has 18 heavy (non-hydrogen) atoms. The van der Waals surface area contributed by atoms with Crippen LogP contribution in [0.1, 0.15) is 32.3 Å². The minimum Gasteiger partial charge on any atom is -0.382 e. The molecular formula is C15H18O2S. The maximum absolute atomic E-state index is 12.2. The lowest BCUT2D eigenvalue weighted by molar-refractivity contribution is -0.137. The van der Waals surface area contributed by atoms with Gasteiger partial charge < -0.3 is 5.11 Å². The van der Waals surface area contributed by atoms with Gasteiger partial charge in [-0.2, -0.15) is 0 Å². The molecule has 0 unspecified atom stereocenters. The number of aliphatic hydroxyl groups is 1. The Morgan fingerprint density at radius 3 is 2.61 bits per heavy atom. The van der Waals surface area contributed by atoms with Gasteiger partial charge in [0, 0.05) is 11.1 Å². The maximum atomic E-state index is 12.2. The van der Waals surface area contributed by atoms with Crippen molar-refractivity contribution in [3.8, 4) is 0 Å². The summed E-state index contributed by atoms with van der Waals surface area (Å²) in [4.78, 5) is 12.2. The van der Waals surface area contributed by atoms with Crippen LogP contribution in [0, 0.1) is 0 Å². The molecule has 0 spiro atoms. The summed E-state index contributed by atoms with van der Waals surface area (Å²) in [6, 6.07) is 8.07. The summed E-state index contributed by atoms with van der Waals surface area (Å²) in [5, 5.41) is 13.4. The van der Waals surface area contributed by atoms with Crippen molar-refractivity contribution in [2.24, 2.45) is 0 Å². The minimum absolute atomic E-state index is 0.0731. The molecule has 2 rings (SSSR count). The molecule has 0 saturated carbocycles. The Morgan fingerprint density at radius 2 is 1.94 bits per heavy atom. The number of benzene rings is 1. The third-order valence-corrected chi connectivity index (χ3v) is 4.61. The number of ketones is 1. The second-order valence-electron chi connectivity index (χ2n) is 4.60. The first-order valence-electron chi connectivity index (χ1n) is 6.31. The number of carbonyl (C=O) groups is 1. The first-order valence-corrected chi connectivity index (χ1v) is 7.19. The standard InChI is InChI=1S/C15H18O2S/c1-3-15(17,4-2)14(16)9-11-10-18-13-8-6-5-7-12(11)13/h5-8,10,17H,3-4,9H2,1-2H3. The summed E-state index contributed by atoms with van der Waals surface area (Å²) in [5.74, 6) is -0.0731. The molecule has 2 aromatic rings. The smallest absolute Gasteiger partial charge is 0.168 e. The van der Waals surface area contributed by atoms with Gasteiger partial charge in [0.05, 0.1) is 0 Å². The molecule has 2 nitrogen and oxygen atoms in total. The Kier molecular flexibility index (Phi) is 3.83. The minimum atomic E-state index is -1.16. The van der Waals surface area contributed by atoms with Gasteiger partial charge in [-0.1, -0.05) is 32.0 Å². The first kappa shape index (κ1) is 13.2. The van der Waals surface area contributed by atoms with Gasteiger partial charge in [0.1, 0.15) is 5.60 Å². The first-order chi connectivity index (χ1) is 8.60. The van der Waals surface area contributed by atoms with E-state index in [-0.39, 0.29) is 5.78 Å². The molecule has 0 bridgehead atoms. The number of hydrogen-bond donors (Lipinski definition) is 1. The Balaban J connectivity index is 2.27. The van der Waals surface area contributed by atoms with Crippen molar-refractivity contribution < 1.29 is 9.90 Å². The molecule has 1 aromatic carbocycles. The van der Waals surface area contributed by atoms with Crippen LogP contribution in [0.5, 0.6) is 0 Å². The van der Waals surface area contributed by atoms with Crippen LogP contribution in [0.3, 0.4) is 0 Å². The monoisotopic (exact) mass is 262 g/mol. The van der Waals surface area contributed by atoms with Gasteiger partial charge in [0.15, 0.2) is 5.78 Å². The average Bonchev–Trinajstić information content (AvgIpc) is 2.81. The van der Waals surface area contributed by atoms with E-state index in [9.17, 15) is 9.90 Å². The van der Waals surface area contributed by atoms with Crippen molar-refractivity contribution in [3.05, 3.63) is 35.2 Å². The molecule has 1 heterocycles. The van der Waals surface area contributed by atoms with Crippen LogP contribution < -0.4 is 0 Å². The highest BCUT2D eigenvalue weighted by Gasteiger charge is 2.31. The topological polar surface area (TPSA) is 37.3 Å². The van der Waals surface area contributed by atoms with Crippen molar-refractivity contribution >= 4 is 27.2 Å². The summed E-state index contributed by atoms with van der Waals surface area (Å²) in [6.45, 7) is 3.71. The number of fused-ring (bicyclic) bond motifs is 1. The van der Waals surface area contributed by atoms with Gasteiger partial charge in [0.25, 0.3) is 0 Å². The summed E-state index contributed by atoms with van der Waals surface area (Å²) >= 11 is 1.65. The lowest BCUT2D eigenvalue weighted by atomic mass is 9.88. The van der Waals surface area contributed by atoms with Gasteiger partial charge in [0.2, 0.25) is 0 Å². The molecule has 0 saturated heterocycles. The molecule has 0 radical (unpaired) electrons. The van der Waals surface area contributed by atoms with E-state index < -0.39 is 5.60 Å². The van der Waals surface area contributed by atoms with E-state index in [4.69, 9.17) is 0 Å². The second-order valence-corrected chi connectivity index (χ2v) is 5.51. The number of hydrogen-bond acceptors (Lipinski definition) is 3. The van der Waals surface area contributed by atoms with E-state index in [1.54, 1.807) is 11.3 Å². The number of thiophene rings is 1. The van der Waals surface area contributed by atoms with E-state index >= 15 is 0 Å². The highest BCUT2D eigenvalue weighted by Crippen LogP contribution is 2.28. The molecule has 0 atom stereocenters. The maximum Gasteiger partial charge on any atom is 0.168 e. The van der Waals surface area contributed by atoms with Crippen molar-refractivity contribution in [2.45, 2.75) is 38.7 Å². The zero-order chi connectivity index (χ0) is 13.2. The summed E-state index contributed by atoms with van der Waals surface area (Å²) < 4.78 is 1.19. The SMILES string of the molecule is CCC(O)(CC)C(=O)Cc1csc2ccccc12. The van der Waals surface area contributed by atoms with Crippen molar-refractivity contribution in [1.82, 2.24) is 0 Å². The van der Waals surface area contributed by atoms with E-state index in [1.165, 1.54) is 4.70 Å². The lowest BCUT2D eigenvalue weighted by Gasteiger charge is -2.23. The van der Waals surface area contributed by atoms with Crippen LogP contribution in [0.2, 0.25) is 0 Å². The molecule has 1 N–H and O–H groups in total. The van der Waals surface area contributed by atoms with E-state index in [1.807, 2.05) is 37.4 Å². The third-order valence-electron chi connectivity index (χ3n) is 3.60. The molecule has 0 aliphatic rings. The zero-order valence-electron chi connectivity index (χ0n) is 10.8. The highest BCUT2D eigenvalue weighted by molar-refractivity contribution is 7.17. The summed E-state index contributed by atoms with van der Waals surface area (Å²) in [5.41, 5.74) is -0.135. The van der Waals surface area contributed by atoms with Crippen LogP contribution >= 0.6 is 11.3 Å². The van der Waals surface area contributed by atoms with Crippen molar-refractivity contribution in [1.29, 1.82) is 0 Å². The lowest BCUT2D eigenvalue weighted by Crippen LogP contribution is -2.38. The van der Waals surface area contributed by atoms with Gasteiger partial charge in [-0.3, -0.25) is 4.79 Å². The Bertz CT molecular complexity index is 552. The van der Waals surface area contributed by atoms with Crippen LogP contribution in [0.25, 0.3) is 10.1 Å². The number of Topliss-reactive ketones (excluding diaryl/α,β-unsaturated/α-hetero) is 1. The van der Waals surface area contributed by atoms with Crippen LogP contribution in [0.15, 0.2) is 29.6 Å². The average molecular weight is 262 g/mol. The van der Waals surface area contributed by atoms with Crippen LogP contribution in [-0.4, -0.2) is 16.5 Å². The third kappa shape index (κ3) is 2.33. The van der Waals surface area contributed by atoms with E-state index in [0.29, 0.717) is 19.3 Å². The Morgan fingerprint density at radius 1 is 1.28 bits per heavy atom. The van der Waals surface area contributed by atoms with Gasteiger partial charge in [-0.25, -0.2) is 0 Å². The van der Waals surface area contributed by atoms with Crippen LogP contribution in [0.4, 0.5) is 0 Å². The van der Waals surface area contributed by atoms with Crippen molar-refractivity contribution in [3.63, 3.8) is 0 Å². The Hall–Kier alpha value is -1.19. The zero-order valence-corrected chi connectivity index (χ0v) is 11.6. The summed E-state index contributed by atoms with van der Waals surface area (Å²) in [6.07, 6.45) is 1.27. The molecular weight excluding hydrogens is 244 g/mol. The fourth-order valence-corrected chi connectivity index (χ4v) is 3.11. The largest absolute Gasteiger partial charge is 0.382 e. The van der Waals surface area contributed by atoms with Crippen molar-refractivity contribution in [2.75, 3.05) is 0 Å². The number of carbonyl (C=O) groups excluding carboxylic acids is 1. The molecule has 0 amide bonds. The molecule has 1 aromatic heterocycles. The fourth-order valence-electron chi connectivity index (χ4n) is 2.15. The molecule has 0 aliphatic heterocycles. The van der Waals surface area contributed by atoms with Crippen LogP contribution in [-0.2, 0) is 11.2 Å². The normalized spacial score (nSPS) is 11.9. The van der Waals surface area contributed by atoms with Gasteiger partial charge in [-0.05, 0) is 35.2 Å². The predicted molar refractivity (Wildman–Crippen MR) is 76.1 cm³/mol. The molecule has 0 aliphatic carbocycles. The summed E-state index contributed by atoms with van der Waals surface area (Å²) in [7, 11) is 0. The molecule has 96 valence electrons. The predicted octanol–water partition coefficient (Wildman–Crippen LogP) is 3.56. The van der Waals surface area contributed by atoms with E-state index in [0.717, 1.165) is 10.9 Å². The Labute approximate surface area is 111 Å². The highest BCUT2D eigenvalue weighted by atomic mass is 32.1. The van der Waals surface area contributed by atoms with Gasteiger partial charge >= 0.3 is 0 Å². The molecule has 0 fully saturated rings. The van der Waals surface area contributed by atoms with E-state index in [2.05, 4.69) is 6.07 Å². The fraction of sp³-hybridized carbons (Fsp3) is 0.400. The quantitative estimate of drug-likeness (QED) is 0.894. The number of rotatable bonds is 5.